The first-order valence-electron chi connectivity index (χ1n) is 9.58. The lowest BCUT2D eigenvalue weighted by molar-refractivity contribution is -0.137. The van der Waals surface area contributed by atoms with Crippen molar-refractivity contribution in [2.45, 2.75) is 25.1 Å². The zero-order chi connectivity index (χ0) is 22.0. The number of aromatic amines is 1. The van der Waals surface area contributed by atoms with Gasteiger partial charge in [0.15, 0.2) is 5.82 Å². The summed E-state index contributed by atoms with van der Waals surface area (Å²) in [5.41, 5.74) is 0.545. The summed E-state index contributed by atoms with van der Waals surface area (Å²) in [5, 5.41) is 18.7. The van der Waals surface area contributed by atoms with Crippen molar-refractivity contribution in [1.29, 1.82) is 0 Å². The van der Waals surface area contributed by atoms with Gasteiger partial charge in [0.1, 0.15) is 5.69 Å². The molecule has 11 heteroatoms. The molecule has 3 aromatic rings. The van der Waals surface area contributed by atoms with Gasteiger partial charge in [-0.3, -0.25) is 14.9 Å². The van der Waals surface area contributed by atoms with Gasteiger partial charge in [-0.1, -0.05) is 6.07 Å². The van der Waals surface area contributed by atoms with Crippen LogP contribution in [0.3, 0.4) is 0 Å². The first-order valence-corrected chi connectivity index (χ1v) is 9.58. The number of halogens is 3. The van der Waals surface area contributed by atoms with Crippen LogP contribution in [0.2, 0.25) is 0 Å². The van der Waals surface area contributed by atoms with E-state index in [1.54, 1.807) is 23.4 Å². The minimum Gasteiger partial charge on any atom is -0.393 e. The van der Waals surface area contributed by atoms with Crippen molar-refractivity contribution in [2.75, 3.05) is 23.3 Å². The van der Waals surface area contributed by atoms with Crippen LogP contribution in [0.4, 0.5) is 24.7 Å². The highest BCUT2D eigenvalue weighted by molar-refractivity contribution is 6.04. The number of anilines is 2. The molecular weight excluding hydrogens is 413 g/mol. The normalized spacial score (nSPS) is 15.2. The number of rotatable bonds is 4. The SMILES string of the molecule is O=C(Nc1cc(C(F)(F)F)cnc1N1CCC(O)CC1)c1ccc(-c2cn[nH]c2)cn1. The van der Waals surface area contributed by atoms with Gasteiger partial charge in [-0.05, 0) is 25.0 Å². The number of nitrogens with zero attached hydrogens (tertiary/aromatic N) is 4. The molecule has 162 valence electrons. The molecule has 0 bridgehead atoms. The van der Waals surface area contributed by atoms with Gasteiger partial charge in [-0.15, -0.1) is 0 Å². The van der Waals surface area contributed by atoms with Gasteiger partial charge >= 0.3 is 6.18 Å². The van der Waals surface area contributed by atoms with Crippen molar-refractivity contribution < 1.29 is 23.1 Å². The van der Waals surface area contributed by atoms with E-state index in [9.17, 15) is 23.1 Å². The number of piperidine rings is 1. The molecule has 4 rings (SSSR count). The highest BCUT2D eigenvalue weighted by Crippen LogP contribution is 2.34. The van der Waals surface area contributed by atoms with Crippen molar-refractivity contribution in [3.05, 3.63) is 54.2 Å². The van der Waals surface area contributed by atoms with Crippen molar-refractivity contribution in [2.24, 2.45) is 0 Å². The van der Waals surface area contributed by atoms with Crippen LogP contribution in [-0.4, -0.2) is 50.4 Å². The van der Waals surface area contributed by atoms with E-state index in [0.717, 1.165) is 23.4 Å². The summed E-state index contributed by atoms with van der Waals surface area (Å²) in [6.45, 7) is 0.833. The molecule has 3 aromatic heterocycles. The Bertz CT molecular complexity index is 1050. The number of hydrogen-bond donors (Lipinski definition) is 3. The Hall–Kier alpha value is -3.47. The van der Waals surface area contributed by atoms with Gasteiger partial charge < -0.3 is 15.3 Å². The minimum atomic E-state index is -4.60. The number of aromatic nitrogens is 4. The summed E-state index contributed by atoms with van der Waals surface area (Å²) < 4.78 is 39.6. The predicted molar refractivity (Wildman–Crippen MR) is 106 cm³/mol. The monoisotopic (exact) mass is 432 g/mol. The van der Waals surface area contributed by atoms with Gasteiger partial charge in [0.05, 0.1) is 23.6 Å². The Morgan fingerprint density at radius 2 is 1.90 bits per heavy atom. The number of nitrogens with one attached hydrogen (secondary N) is 2. The summed E-state index contributed by atoms with van der Waals surface area (Å²) in [6, 6.07) is 4.02. The topological polar surface area (TPSA) is 107 Å². The molecule has 1 saturated heterocycles. The van der Waals surface area contributed by atoms with E-state index in [0.29, 0.717) is 25.9 Å². The fourth-order valence-electron chi connectivity index (χ4n) is 3.33. The predicted octanol–water partition coefficient (Wildman–Crippen LogP) is 3.10. The highest BCUT2D eigenvalue weighted by Gasteiger charge is 2.33. The van der Waals surface area contributed by atoms with E-state index in [4.69, 9.17) is 0 Å². The van der Waals surface area contributed by atoms with Crippen molar-refractivity contribution >= 4 is 17.4 Å². The molecule has 1 amide bonds. The molecule has 0 atom stereocenters. The zero-order valence-corrected chi connectivity index (χ0v) is 16.2. The summed E-state index contributed by atoms with van der Waals surface area (Å²) in [4.78, 5) is 22.5. The number of amides is 1. The maximum atomic E-state index is 13.2. The third-order valence-electron chi connectivity index (χ3n) is 5.03. The average Bonchev–Trinajstić information content (AvgIpc) is 3.29. The Balaban J connectivity index is 1.60. The number of carbonyl (C=O) groups excluding carboxylic acids is 1. The summed E-state index contributed by atoms with van der Waals surface area (Å²) in [7, 11) is 0. The molecule has 0 aromatic carbocycles. The molecule has 0 aliphatic carbocycles. The highest BCUT2D eigenvalue weighted by atomic mass is 19.4. The summed E-state index contributed by atoms with van der Waals surface area (Å²) in [6.07, 6.45) is 1.38. The number of aliphatic hydroxyl groups is 1. The van der Waals surface area contributed by atoms with Crippen LogP contribution in [-0.2, 0) is 6.18 Å². The van der Waals surface area contributed by atoms with Gasteiger partial charge in [-0.2, -0.15) is 18.3 Å². The quantitative estimate of drug-likeness (QED) is 0.585. The third kappa shape index (κ3) is 4.66. The molecule has 0 saturated carbocycles. The Morgan fingerprint density at radius 3 is 2.52 bits per heavy atom. The van der Waals surface area contributed by atoms with Crippen LogP contribution >= 0.6 is 0 Å². The third-order valence-corrected chi connectivity index (χ3v) is 5.03. The molecular formula is C20H19F3N6O2. The second-order valence-corrected chi connectivity index (χ2v) is 7.18. The maximum absolute atomic E-state index is 13.2. The molecule has 1 aliphatic rings. The number of H-pyrrole nitrogens is 1. The van der Waals surface area contributed by atoms with Crippen LogP contribution in [0.15, 0.2) is 43.0 Å². The Kier molecular flexibility index (Phi) is 5.59. The van der Waals surface area contributed by atoms with Gasteiger partial charge in [0, 0.05) is 42.8 Å². The molecule has 0 unspecified atom stereocenters. The van der Waals surface area contributed by atoms with Crippen molar-refractivity contribution in [3.63, 3.8) is 0 Å². The lowest BCUT2D eigenvalue weighted by Crippen LogP contribution is -2.37. The van der Waals surface area contributed by atoms with Crippen LogP contribution in [0.5, 0.6) is 0 Å². The van der Waals surface area contributed by atoms with E-state index < -0.39 is 23.8 Å². The van der Waals surface area contributed by atoms with Gasteiger partial charge in [-0.25, -0.2) is 4.98 Å². The van der Waals surface area contributed by atoms with Crippen molar-refractivity contribution in [3.8, 4) is 11.1 Å². The van der Waals surface area contributed by atoms with Crippen LogP contribution in [0, 0.1) is 0 Å². The Labute approximate surface area is 175 Å². The smallest absolute Gasteiger partial charge is 0.393 e. The standard InChI is InChI=1S/C20H19F3N6O2/c21-20(22,23)14-7-17(18(25-11-14)29-5-3-15(30)4-6-29)28-19(31)16-2-1-12(8-24-16)13-9-26-27-10-13/h1-2,7-11,15,30H,3-6H2,(H,26,27)(H,28,31). The number of alkyl halides is 3. The van der Waals surface area contributed by atoms with E-state index in [1.807, 2.05) is 0 Å². The molecule has 1 aliphatic heterocycles. The summed E-state index contributed by atoms with van der Waals surface area (Å²) in [5.74, 6) is -0.429. The lowest BCUT2D eigenvalue weighted by Gasteiger charge is -2.32. The van der Waals surface area contributed by atoms with E-state index in [1.165, 1.54) is 12.3 Å². The number of pyridine rings is 2. The second kappa shape index (κ2) is 8.34. The lowest BCUT2D eigenvalue weighted by atomic mass is 10.1. The van der Waals surface area contributed by atoms with Crippen LogP contribution in [0.1, 0.15) is 28.9 Å². The second-order valence-electron chi connectivity index (χ2n) is 7.18. The number of aliphatic hydroxyl groups excluding tert-OH is 1. The van der Waals surface area contributed by atoms with E-state index >= 15 is 0 Å². The van der Waals surface area contributed by atoms with Gasteiger partial charge in [0.25, 0.3) is 5.91 Å². The van der Waals surface area contributed by atoms with Gasteiger partial charge in [0.2, 0.25) is 0 Å². The van der Waals surface area contributed by atoms with E-state index in [2.05, 4.69) is 25.5 Å². The minimum absolute atomic E-state index is 0.0460. The molecule has 8 nitrogen and oxygen atoms in total. The zero-order valence-electron chi connectivity index (χ0n) is 16.2. The Morgan fingerprint density at radius 1 is 1.13 bits per heavy atom. The maximum Gasteiger partial charge on any atom is 0.417 e. The molecule has 0 spiro atoms. The molecule has 31 heavy (non-hydrogen) atoms. The number of carbonyl (C=O) groups is 1. The summed E-state index contributed by atoms with van der Waals surface area (Å²) >= 11 is 0. The van der Waals surface area contributed by atoms with Crippen molar-refractivity contribution in [1.82, 2.24) is 20.2 Å². The molecule has 1 fully saturated rings. The fourth-order valence-corrected chi connectivity index (χ4v) is 3.33. The molecule has 0 radical (unpaired) electrons. The molecule has 4 heterocycles. The van der Waals surface area contributed by atoms with Crippen LogP contribution < -0.4 is 10.2 Å². The largest absolute Gasteiger partial charge is 0.417 e. The fraction of sp³-hybridized carbons (Fsp3) is 0.300. The van der Waals surface area contributed by atoms with Crippen LogP contribution in [0.25, 0.3) is 11.1 Å². The first-order chi connectivity index (χ1) is 14.8. The van der Waals surface area contributed by atoms with E-state index in [-0.39, 0.29) is 17.2 Å². The average molecular weight is 432 g/mol. The molecule has 3 N–H and O–H groups in total. The number of hydrogen-bond acceptors (Lipinski definition) is 6. The first kappa shape index (κ1) is 20.8.